The SMILES string of the molecule is Cc1nn(C)c(C)c1C(=O)c1ccc(Cl)cc1Cl. The molecule has 0 bridgehead atoms. The second kappa shape index (κ2) is 4.75. The van der Waals surface area contributed by atoms with Crippen molar-refractivity contribution >= 4 is 29.0 Å². The summed E-state index contributed by atoms with van der Waals surface area (Å²) in [6, 6.07) is 4.86. The summed E-state index contributed by atoms with van der Waals surface area (Å²) in [4.78, 5) is 12.5. The monoisotopic (exact) mass is 282 g/mol. The Labute approximate surface area is 115 Å². The van der Waals surface area contributed by atoms with Gasteiger partial charge in [0.1, 0.15) is 0 Å². The van der Waals surface area contributed by atoms with Crippen LogP contribution < -0.4 is 0 Å². The lowest BCUT2D eigenvalue weighted by atomic mass is 10.0. The van der Waals surface area contributed by atoms with Crippen LogP contribution in [0.4, 0.5) is 0 Å². The van der Waals surface area contributed by atoms with E-state index < -0.39 is 0 Å². The van der Waals surface area contributed by atoms with E-state index in [2.05, 4.69) is 5.10 Å². The molecule has 0 unspecified atom stereocenters. The van der Waals surface area contributed by atoms with Crippen molar-refractivity contribution in [2.45, 2.75) is 13.8 Å². The van der Waals surface area contributed by atoms with Gasteiger partial charge in [0, 0.05) is 23.3 Å². The van der Waals surface area contributed by atoms with E-state index in [1.165, 1.54) is 0 Å². The van der Waals surface area contributed by atoms with Crippen molar-refractivity contribution in [3.8, 4) is 0 Å². The number of nitrogens with zero attached hydrogens (tertiary/aromatic N) is 2. The second-order valence-electron chi connectivity index (χ2n) is 4.12. The van der Waals surface area contributed by atoms with Crippen LogP contribution in [0.2, 0.25) is 10.0 Å². The molecule has 0 aliphatic carbocycles. The van der Waals surface area contributed by atoms with Crippen LogP contribution in [0.15, 0.2) is 18.2 Å². The predicted octanol–water partition coefficient (Wildman–Crippen LogP) is 3.57. The highest BCUT2D eigenvalue weighted by molar-refractivity contribution is 6.37. The zero-order chi connectivity index (χ0) is 13.4. The Hall–Kier alpha value is -1.32. The van der Waals surface area contributed by atoms with E-state index in [1.54, 1.807) is 22.9 Å². The lowest BCUT2D eigenvalue weighted by molar-refractivity contribution is 0.103. The number of hydrogen-bond donors (Lipinski definition) is 0. The maximum atomic E-state index is 12.5. The van der Waals surface area contributed by atoms with E-state index in [-0.39, 0.29) is 5.78 Å². The summed E-state index contributed by atoms with van der Waals surface area (Å²) < 4.78 is 1.69. The molecule has 0 N–H and O–H groups in total. The van der Waals surface area contributed by atoms with Gasteiger partial charge in [0.05, 0.1) is 16.3 Å². The van der Waals surface area contributed by atoms with E-state index >= 15 is 0 Å². The number of carbonyl (C=O) groups excluding carboxylic acids is 1. The van der Waals surface area contributed by atoms with Crippen LogP contribution in [0, 0.1) is 13.8 Å². The molecule has 94 valence electrons. The predicted molar refractivity (Wildman–Crippen MR) is 72.6 cm³/mol. The Bertz CT molecular complexity index is 632. The average molecular weight is 283 g/mol. The Kier molecular flexibility index (Phi) is 3.46. The molecule has 0 spiro atoms. The van der Waals surface area contributed by atoms with Gasteiger partial charge in [-0.2, -0.15) is 5.10 Å². The molecule has 0 saturated heterocycles. The molecule has 3 nitrogen and oxygen atoms in total. The average Bonchev–Trinajstić information content (AvgIpc) is 2.52. The second-order valence-corrected chi connectivity index (χ2v) is 4.97. The van der Waals surface area contributed by atoms with Crippen molar-refractivity contribution in [2.75, 3.05) is 0 Å². The van der Waals surface area contributed by atoms with Gasteiger partial charge in [-0.3, -0.25) is 9.48 Å². The molecule has 2 aromatic rings. The number of hydrogen-bond acceptors (Lipinski definition) is 2. The molecule has 0 saturated carbocycles. The molecule has 5 heteroatoms. The van der Waals surface area contributed by atoms with Crippen LogP contribution in [-0.2, 0) is 7.05 Å². The van der Waals surface area contributed by atoms with E-state index in [0.717, 1.165) is 5.69 Å². The van der Waals surface area contributed by atoms with Crippen molar-refractivity contribution < 1.29 is 4.79 Å². The molecule has 1 aromatic carbocycles. The van der Waals surface area contributed by atoms with Crippen LogP contribution in [0.3, 0.4) is 0 Å². The van der Waals surface area contributed by atoms with Crippen molar-refractivity contribution in [3.63, 3.8) is 0 Å². The van der Waals surface area contributed by atoms with Gasteiger partial charge in [-0.05, 0) is 32.0 Å². The highest BCUT2D eigenvalue weighted by atomic mass is 35.5. The van der Waals surface area contributed by atoms with Gasteiger partial charge in [-0.25, -0.2) is 0 Å². The van der Waals surface area contributed by atoms with Gasteiger partial charge in [0.15, 0.2) is 5.78 Å². The summed E-state index contributed by atoms with van der Waals surface area (Å²) in [5, 5.41) is 5.10. The fraction of sp³-hybridized carbons (Fsp3) is 0.231. The summed E-state index contributed by atoms with van der Waals surface area (Å²) >= 11 is 11.9. The Balaban J connectivity index is 2.55. The van der Waals surface area contributed by atoms with Crippen molar-refractivity contribution in [1.29, 1.82) is 0 Å². The topological polar surface area (TPSA) is 34.9 Å². The maximum absolute atomic E-state index is 12.5. The van der Waals surface area contributed by atoms with Crippen LogP contribution in [0.5, 0.6) is 0 Å². The summed E-state index contributed by atoms with van der Waals surface area (Å²) in [5.74, 6) is -0.125. The molecular formula is C13H12Cl2N2O. The van der Waals surface area contributed by atoms with Crippen LogP contribution in [-0.4, -0.2) is 15.6 Å². The van der Waals surface area contributed by atoms with Gasteiger partial charge in [0.2, 0.25) is 0 Å². The van der Waals surface area contributed by atoms with Gasteiger partial charge >= 0.3 is 0 Å². The van der Waals surface area contributed by atoms with Crippen molar-refractivity contribution in [3.05, 3.63) is 50.8 Å². The number of aromatic nitrogens is 2. The third kappa shape index (κ3) is 2.16. The minimum atomic E-state index is -0.125. The Morgan fingerprint density at radius 2 is 1.94 bits per heavy atom. The van der Waals surface area contributed by atoms with Gasteiger partial charge < -0.3 is 0 Å². The highest BCUT2D eigenvalue weighted by Gasteiger charge is 2.20. The summed E-state index contributed by atoms with van der Waals surface area (Å²) in [6.45, 7) is 3.67. The smallest absolute Gasteiger partial charge is 0.198 e. The number of ketones is 1. The quantitative estimate of drug-likeness (QED) is 0.790. The molecule has 2 rings (SSSR count). The molecule has 0 radical (unpaired) electrons. The maximum Gasteiger partial charge on any atom is 0.198 e. The molecule has 18 heavy (non-hydrogen) atoms. The first-order chi connectivity index (χ1) is 8.41. The third-order valence-electron chi connectivity index (χ3n) is 2.91. The lowest BCUT2D eigenvalue weighted by Gasteiger charge is -2.04. The number of carbonyl (C=O) groups is 1. The fourth-order valence-electron chi connectivity index (χ4n) is 1.91. The van der Waals surface area contributed by atoms with Gasteiger partial charge in [-0.15, -0.1) is 0 Å². The molecule has 0 fully saturated rings. The first-order valence-corrected chi connectivity index (χ1v) is 6.17. The van der Waals surface area contributed by atoms with Crippen LogP contribution in [0.25, 0.3) is 0 Å². The zero-order valence-corrected chi connectivity index (χ0v) is 11.8. The number of benzene rings is 1. The zero-order valence-electron chi connectivity index (χ0n) is 10.3. The normalized spacial score (nSPS) is 10.7. The van der Waals surface area contributed by atoms with Gasteiger partial charge in [-0.1, -0.05) is 23.2 Å². The first-order valence-electron chi connectivity index (χ1n) is 5.41. The van der Waals surface area contributed by atoms with Crippen LogP contribution in [0.1, 0.15) is 27.3 Å². The summed E-state index contributed by atoms with van der Waals surface area (Å²) in [7, 11) is 1.81. The molecule has 0 amide bonds. The number of rotatable bonds is 2. The number of aryl methyl sites for hydroxylation is 2. The summed E-state index contributed by atoms with van der Waals surface area (Å²) in [6.07, 6.45) is 0. The molecule has 0 aliphatic rings. The van der Waals surface area contributed by atoms with E-state index in [9.17, 15) is 4.79 Å². The van der Waals surface area contributed by atoms with Crippen LogP contribution >= 0.6 is 23.2 Å². The van der Waals surface area contributed by atoms with Gasteiger partial charge in [0.25, 0.3) is 0 Å². The Morgan fingerprint density at radius 1 is 1.28 bits per heavy atom. The number of halogens is 2. The van der Waals surface area contributed by atoms with E-state index in [1.807, 2.05) is 20.9 Å². The molecule has 0 atom stereocenters. The third-order valence-corrected chi connectivity index (χ3v) is 3.46. The minimum absolute atomic E-state index is 0.125. The molecule has 1 heterocycles. The first kappa shape index (κ1) is 13.1. The fourth-order valence-corrected chi connectivity index (χ4v) is 2.40. The Morgan fingerprint density at radius 3 is 2.44 bits per heavy atom. The van der Waals surface area contributed by atoms with Crippen molar-refractivity contribution in [1.82, 2.24) is 9.78 Å². The van der Waals surface area contributed by atoms with Crippen molar-refractivity contribution in [2.24, 2.45) is 7.05 Å². The highest BCUT2D eigenvalue weighted by Crippen LogP contribution is 2.25. The summed E-state index contributed by atoms with van der Waals surface area (Å²) in [5.41, 5.74) is 2.57. The van der Waals surface area contributed by atoms with E-state index in [0.29, 0.717) is 26.9 Å². The largest absolute Gasteiger partial charge is 0.288 e. The van der Waals surface area contributed by atoms with E-state index in [4.69, 9.17) is 23.2 Å². The minimum Gasteiger partial charge on any atom is -0.288 e. The molecule has 0 aliphatic heterocycles. The molecular weight excluding hydrogens is 271 g/mol. The standard InChI is InChI=1S/C13H12Cl2N2O/c1-7-12(8(2)17(3)16-7)13(18)10-5-4-9(14)6-11(10)15/h4-6H,1-3H3. The lowest BCUT2D eigenvalue weighted by Crippen LogP contribution is -2.05. The molecule has 1 aromatic heterocycles.